The molecule has 0 heterocycles. The molecule has 0 fully saturated rings. The van der Waals surface area contributed by atoms with Gasteiger partial charge in [0.05, 0.1) is 11.6 Å². The van der Waals surface area contributed by atoms with E-state index in [9.17, 15) is 0 Å². The van der Waals surface area contributed by atoms with Crippen LogP contribution in [0.1, 0.15) is 11.1 Å². The van der Waals surface area contributed by atoms with E-state index in [1.165, 1.54) is 5.56 Å². The first-order valence-corrected chi connectivity index (χ1v) is 4.90. The van der Waals surface area contributed by atoms with Crippen LogP contribution in [0.5, 0.6) is 0 Å². The number of likely N-dealkylation sites (N-methyl/N-ethyl adjacent to an activating group) is 1. The molecule has 2 nitrogen and oxygen atoms in total. The summed E-state index contributed by atoms with van der Waals surface area (Å²) in [6, 6.07) is 7.78. The Hall–Kier alpha value is -0.850. The molecule has 1 aromatic rings. The zero-order valence-corrected chi connectivity index (χ0v) is 9.06. The van der Waals surface area contributed by atoms with Gasteiger partial charge in [0.25, 0.3) is 0 Å². The van der Waals surface area contributed by atoms with Crippen LogP contribution in [0.15, 0.2) is 22.7 Å². The molecule has 0 bridgehead atoms. The third-order valence-electron chi connectivity index (χ3n) is 1.82. The van der Waals surface area contributed by atoms with Crippen molar-refractivity contribution < 1.29 is 0 Å². The Morgan fingerprint density at radius 3 is 2.92 bits per heavy atom. The van der Waals surface area contributed by atoms with Gasteiger partial charge < -0.3 is 5.32 Å². The summed E-state index contributed by atoms with van der Waals surface area (Å²) in [6.45, 7) is 0.924. The van der Waals surface area contributed by atoms with Crippen molar-refractivity contribution in [1.82, 2.24) is 5.32 Å². The van der Waals surface area contributed by atoms with Crippen LogP contribution in [-0.4, -0.2) is 13.6 Å². The van der Waals surface area contributed by atoms with Gasteiger partial charge in [-0.15, -0.1) is 0 Å². The molecular weight excluding hydrogens is 228 g/mol. The molecule has 1 N–H and O–H groups in total. The number of nitriles is 1. The monoisotopic (exact) mass is 238 g/mol. The highest BCUT2D eigenvalue weighted by molar-refractivity contribution is 9.10. The fourth-order valence-electron chi connectivity index (χ4n) is 1.10. The normalized spacial score (nSPS) is 9.62. The lowest BCUT2D eigenvalue weighted by Crippen LogP contribution is -2.10. The van der Waals surface area contributed by atoms with Crippen molar-refractivity contribution in [3.05, 3.63) is 33.8 Å². The van der Waals surface area contributed by atoms with E-state index >= 15 is 0 Å². The fourth-order valence-corrected chi connectivity index (χ4v) is 1.54. The van der Waals surface area contributed by atoms with Crippen LogP contribution >= 0.6 is 15.9 Å². The number of rotatable bonds is 3. The second-order valence-corrected chi connectivity index (χ2v) is 3.63. The summed E-state index contributed by atoms with van der Waals surface area (Å²) < 4.78 is 1.07. The minimum absolute atomic E-state index is 0.717. The second kappa shape index (κ2) is 5.00. The van der Waals surface area contributed by atoms with Gasteiger partial charge in [0.2, 0.25) is 0 Å². The standard InChI is InChI=1S/C10H11BrN2/c1-13-5-4-9-6-8(7-12)2-3-10(9)11/h2-3,6,13H,4-5H2,1H3. The zero-order chi connectivity index (χ0) is 9.68. The molecule has 0 atom stereocenters. The molecule has 1 rings (SSSR count). The summed E-state index contributed by atoms with van der Waals surface area (Å²) in [7, 11) is 1.92. The predicted molar refractivity (Wildman–Crippen MR) is 56.5 cm³/mol. The van der Waals surface area contributed by atoms with E-state index in [4.69, 9.17) is 5.26 Å². The Balaban J connectivity index is 2.85. The van der Waals surface area contributed by atoms with Gasteiger partial charge in [0.15, 0.2) is 0 Å². The van der Waals surface area contributed by atoms with Crippen molar-refractivity contribution in [2.24, 2.45) is 0 Å². The molecule has 0 aliphatic rings. The Morgan fingerprint density at radius 1 is 1.54 bits per heavy atom. The molecule has 0 aliphatic carbocycles. The molecule has 13 heavy (non-hydrogen) atoms. The van der Waals surface area contributed by atoms with Crippen LogP contribution < -0.4 is 5.32 Å². The number of halogens is 1. The third-order valence-corrected chi connectivity index (χ3v) is 2.59. The maximum Gasteiger partial charge on any atom is 0.0991 e. The molecule has 0 radical (unpaired) electrons. The smallest absolute Gasteiger partial charge is 0.0991 e. The van der Waals surface area contributed by atoms with Crippen molar-refractivity contribution in [3.8, 4) is 6.07 Å². The van der Waals surface area contributed by atoms with Gasteiger partial charge in [-0.1, -0.05) is 15.9 Å². The maximum absolute atomic E-state index is 8.70. The molecule has 0 aliphatic heterocycles. The molecular formula is C10H11BrN2. The summed E-state index contributed by atoms with van der Waals surface area (Å²) in [5.41, 5.74) is 1.89. The lowest BCUT2D eigenvalue weighted by atomic mass is 10.1. The largest absolute Gasteiger partial charge is 0.319 e. The molecule has 0 aromatic heterocycles. The minimum atomic E-state index is 0.717. The van der Waals surface area contributed by atoms with Crippen LogP contribution in [0.2, 0.25) is 0 Å². The van der Waals surface area contributed by atoms with E-state index in [1.807, 2.05) is 25.2 Å². The van der Waals surface area contributed by atoms with E-state index in [-0.39, 0.29) is 0 Å². The Bertz CT molecular complexity index is 328. The van der Waals surface area contributed by atoms with Crippen LogP contribution in [-0.2, 0) is 6.42 Å². The van der Waals surface area contributed by atoms with Gasteiger partial charge in [0, 0.05) is 4.47 Å². The van der Waals surface area contributed by atoms with Gasteiger partial charge in [-0.3, -0.25) is 0 Å². The van der Waals surface area contributed by atoms with Gasteiger partial charge in [-0.25, -0.2) is 0 Å². The number of hydrogen-bond donors (Lipinski definition) is 1. The molecule has 1 aromatic carbocycles. The average molecular weight is 239 g/mol. The van der Waals surface area contributed by atoms with Gasteiger partial charge in [-0.2, -0.15) is 5.26 Å². The van der Waals surface area contributed by atoms with E-state index in [0.717, 1.165) is 17.4 Å². The Morgan fingerprint density at radius 2 is 2.31 bits per heavy atom. The van der Waals surface area contributed by atoms with Crippen molar-refractivity contribution in [3.63, 3.8) is 0 Å². The van der Waals surface area contributed by atoms with Crippen LogP contribution in [0.4, 0.5) is 0 Å². The summed E-state index contributed by atoms with van der Waals surface area (Å²) >= 11 is 3.45. The van der Waals surface area contributed by atoms with Gasteiger partial charge in [0.1, 0.15) is 0 Å². The third kappa shape index (κ3) is 2.83. The van der Waals surface area contributed by atoms with Gasteiger partial charge in [-0.05, 0) is 43.8 Å². The molecule has 0 unspecified atom stereocenters. The lowest BCUT2D eigenvalue weighted by molar-refractivity contribution is 0.789. The highest BCUT2D eigenvalue weighted by Gasteiger charge is 2.00. The average Bonchev–Trinajstić information content (AvgIpc) is 2.17. The minimum Gasteiger partial charge on any atom is -0.319 e. The molecule has 0 amide bonds. The van der Waals surface area contributed by atoms with Crippen LogP contribution in [0, 0.1) is 11.3 Å². The maximum atomic E-state index is 8.70. The highest BCUT2D eigenvalue weighted by Crippen LogP contribution is 2.18. The van der Waals surface area contributed by atoms with Crippen LogP contribution in [0.25, 0.3) is 0 Å². The molecule has 0 spiro atoms. The highest BCUT2D eigenvalue weighted by atomic mass is 79.9. The fraction of sp³-hybridized carbons (Fsp3) is 0.300. The molecule has 0 saturated carbocycles. The molecule has 0 saturated heterocycles. The topological polar surface area (TPSA) is 35.8 Å². The molecule has 68 valence electrons. The van der Waals surface area contributed by atoms with E-state index < -0.39 is 0 Å². The summed E-state index contributed by atoms with van der Waals surface area (Å²) in [4.78, 5) is 0. The SMILES string of the molecule is CNCCc1cc(C#N)ccc1Br. The summed E-state index contributed by atoms with van der Waals surface area (Å²) in [5.74, 6) is 0. The van der Waals surface area contributed by atoms with Crippen molar-refractivity contribution >= 4 is 15.9 Å². The summed E-state index contributed by atoms with van der Waals surface area (Å²) in [5, 5.41) is 11.8. The van der Waals surface area contributed by atoms with E-state index in [0.29, 0.717) is 5.56 Å². The predicted octanol–water partition coefficient (Wildman–Crippen LogP) is 2.08. The summed E-state index contributed by atoms with van der Waals surface area (Å²) in [6.07, 6.45) is 0.937. The number of nitrogens with zero attached hydrogens (tertiary/aromatic N) is 1. The number of nitrogens with one attached hydrogen (secondary N) is 1. The Kier molecular flexibility index (Phi) is 3.94. The first-order chi connectivity index (χ1) is 6.27. The van der Waals surface area contributed by atoms with Gasteiger partial charge >= 0.3 is 0 Å². The number of benzene rings is 1. The van der Waals surface area contributed by atoms with Crippen molar-refractivity contribution in [2.45, 2.75) is 6.42 Å². The number of hydrogen-bond acceptors (Lipinski definition) is 2. The molecule has 3 heteroatoms. The van der Waals surface area contributed by atoms with Crippen molar-refractivity contribution in [1.29, 1.82) is 5.26 Å². The Labute approximate surface area is 86.7 Å². The van der Waals surface area contributed by atoms with E-state index in [1.54, 1.807) is 0 Å². The van der Waals surface area contributed by atoms with Crippen molar-refractivity contribution in [2.75, 3.05) is 13.6 Å². The zero-order valence-electron chi connectivity index (χ0n) is 7.47. The second-order valence-electron chi connectivity index (χ2n) is 2.77. The van der Waals surface area contributed by atoms with Crippen LogP contribution in [0.3, 0.4) is 0 Å². The first-order valence-electron chi connectivity index (χ1n) is 4.11. The lowest BCUT2D eigenvalue weighted by Gasteiger charge is -2.03. The quantitative estimate of drug-likeness (QED) is 0.876. The van der Waals surface area contributed by atoms with E-state index in [2.05, 4.69) is 27.3 Å². The first kappa shape index (κ1) is 10.2.